The Balaban J connectivity index is 1.23. The van der Waals surface area contributed by atoms with Gasteiger partial charge in [-0.15, -0.1) is 0 Å². The summed E-state index contributed by atoms with van der Waals surface area (Å²) in [5.41, 5.74) is 0.520. The van der Waals surface area contributed by atoms with Gasteiger partial charge in [0.25, 0.3) is 0 Å². The Morgan fingerprint density at radius 1 is 1.24 bits per heavy atom. The number of aromatic nitrogens is 3. The Kier molecular flexibility index (Phi) is 7.36. The second-order valence-electron chi connectivity index (χ2n) is 10.8. The second-order valence-corrected chi connectivity index (χ2v) is 11.2. The van der Waals surface area contributed by atoms with E-state index in [1.54, 1.807) is 11.0 Å². The number of nitrogens with one attached hydrogen (secondary N) is 1. The molecular formula is C28H28ClF3N6O4. The zero-order valence-corrected chi connectivity index (χ0v) is 23.6. The van der Waals surface area contributed by atoms with Crippen molar-refractivity contribution >= 4 is 34.8 Å². The van der Waals surface area contributed by atoms with Crippen LogP contribution in [0.2, 0.25) is 5.02 Å². The molecule has 0 saturated carbocycles. The number of pyridine rings is 1. The SMILES string of the molecule is CC1(C)OCC(COc2ncc(NC(=O)N3c4nc(-c5cccc(C(F)(F)F)c5)c(Cl)cc4N4CCC[C@H]3C4)cn2)O1. The van der Waals surface area contributed by atoms with Crippen molar-refractivity contribution in [3.05, 3.63) is 53.3 Å². The molecule has 1 unspecified atom stereocenters. The quantitative estimate of drug-likeness (QED) is 0.392. The van der Waals surface area contributed by atoms with Crippen LogP contribution in [0.1, 0.15) is 32.3 Å². The molecule has 6 rings (SSSR count). The lowest BCUT2D eigenvalue weighted by atomic mass is 9.99. The van der Waals surface area contributed by atoms with Gasteiger partial charge in [-0.2, -0.15) is 13.2 Å². The number of amides is 2. The molecule has 2 fully saturated rings. The number of anilines is 3. The summed E-state index contributed by atoms with van der Waals surface area (Å²) in [5, 5.41) is 3.01. The van der Waals surface area contributed by atoms with Crippen molar-refractivity contribution in [2.24, 2.45) is 0 Å². The molecule has 42 heavy (non-hydrogen) atoms. The average molecular weight is 605 g/mol. The highest BCUT2D eigenvalue weighted by Gasteiger charge is 2.39. The van der Waals surface area contributed by atoms with Gasteiger partial charge in [-0.05, 0) is 44.9 Å². The maximum Gasteiger partial charge on any atom is 0.416 e. The number of benzene rings is 1. The van der Waals surface area contributed by atoms with Crippen molar-refractivity contribution in [3.63, 3.8) is 0 Å². The normalized spacial score (nSPS) is 21.2. The van der Waals surface area contributed by atoms with Crippen LogP contribution in [-0.2, 0) is 15.7 Å². The maximum atomic E-state index is 13.7. The highest BCUT2D eigenvalue weighted by Crippen LogP contribution is 2.43. The Bertz CT molecular complexity index is 1490. The molecule has 2 aromatic heterocycles. The van der Waals surface area contributed by atoms with Crippen molar-refractivity contribution < 1.29 is 32.2 Å². The first-order valence-corrected chi connectivity index (χ1v) is 13.8. The summed E-state index contributed by atoms with van der Waals surface area (Å²) in [7, 11) is 0. The van der Waals surface area contributed by atoms with E-state index in [0.29, 0.717) is 30.3 Å². The van der Waals surface area contributed by atoms with Gasteiger partial charge in [0, 0.05) is 18.7 Å². The smallest absolute Gasteiger partial charge is 0.416 e. The molecule has 2 atom stereocenters. The number of piperidine rings is 1. The van der Waals surface area contributed by atoms with Crippen LogP contribution in [-0.4, -0.2) is 65.2 Å². The van der Waals surface area contributed by atoms with Crippen molar-refractivity contribution in [1.29, 1.82) is 0 Å². The van der Waals surface area contributed by atoms with E-state index in [0.717, 1.165) is 31.5 Å². The Labute approximate surface area is 244 Å². The number of hydrogen-bond acceptors (Lipinski definition) is 8. The Morgan fingerprint density at radius 3 is 2.74 bits per heavy atom. The van der Waals surface area contributed by atoms with Crippen molar-refractivity contribution in [2.75, 3.05) is 41.4 Å². The van der Waals surface area contributed by atoms with Gasteiger partial charge in [0.2, 0.25) is 0 Å². The predicted octanol–water partition coefficient (Wildman–Crippen LogP) is 5.76. The third kappa shape index (κ3) is 5.81. The van der Waals surface area contributed by atoms with E-state index in [1.165, 1.54) is 24.5 Å². The van der Waals surface area contributed by atoms with Crippen LogP contribution in [0.25, 0.3) is 11.3 Å². The van der Waals surface area contributed by atoms with Crippen LogP contribution >= 0.6 is 11.6 Å². The number of nitrogens with zero attached hydrogens (tertiary/aromatic N) is 5. The van der Waals surface area contributed by atoms with Crippen LogP contribution in [0.15, 0.2) is 42.7 Å². The molecule has 0 spiro atoms. The van der Waals surface area contributed by atoms with Crippen molar-refractivity contribution in [2.45, 2.75) is 50.8 Å². The molecule has 0 aliphatic carbocycles. The molecule has 1 aromatic carbocycles. The van der Waals surface area contributed by atoms with Gasteiger partial charge in [-0.1, -0.05) is 23.7 Å². The van der Waals surface area contributed by atoms with Crippen molar-refractivity contribution in [1.82, 2.24) is 15.0 Å². The van der Waals surface area contributed by atoms with E-state index in [1.807, 2.05) is 13.8 Å². The molecule has 0 radical (unpaired) electrons. The number of halogens is 4. The van der Waals surface area contributed by atoms with Gasteiger partial charge in [-0.25, -0.2) is 19.7 Å². The summed E-state index contributed by atoms with van der Waals surface area (Å²) in [6, 6.07) is 5.92. The highest BCUT2D eigenvalue weighted by molar-refractivity contribution is 6.33. The number of hydrogen-bond donors (Lipinski definition) is 1. The van der Waals surface area contributed by atoms with Gasteiger partial charge in [-0.3, -0.25) is 4.90 Å². The first-order valence-electron chi connectivity index (χ1n) is 13.5. The maximum absolute atomic E-state index is 13.7. The van der Waals surface area contributed by atoms with E-state index in [9.17, 15) is 18.0 Å². The third-order valence-electron chi connectivity index (χ3n) is 7.29. The van der Waals surface area contributed by atoms with E-state index in [-0.39, 0.29) is 41.0 Å². The largest absolute Gasteiger partial charge is 0.461 e. The fourth-order valence-corrected chi connectivity index (χ4v) is 5.65. The fourth-order valence-electron chi connectivity index (χ4n) is 5.40. The van der Waals surface area contributed by atoms with Crippen LogP contribution in [0.3, 0.4) is 0 Å². The number of rotatable bonds is 5. The molecule has 2 amide bonds. The number of alkyl halides is 3. The first kappa shape index (κ1) is 28.4. The van der Waals surface area contributed by atoms with Crippen molar-refractivity contribution in [3.8, 4) is 17.3 Å². The molecule has 10 nitrogen and oxygen atoms in total. The number of carbonyl (C=O) groups excluding carboxylic acids is 1. The summed E-state index contributed by atoms with van der Waals surface area (Å²) >= 11 is 6.56. The first-order chi connectivity index (χ1) is 20.0. The molecule has 5 heterocycles. The zero-order valence-electron chi connectivity index (χ0n) is 22.8. The van der Waals surface area contributed by atoms with E-state index in [2.05, 4.69) is 25.2 Å². The molecule has 2 bridgehead atoms. The zero-order chi connectivity index (χ0) is 29.6. The van der Waals surface area contributed by atoms with Crippen LogP contribution in [0.4, 0.5) is 35.2 Å². The molecule has 3 aliphatic heterocycles. The molecule has 14 heteroatoms. The van der Waals surface area contributed by atoms with Gasteiger partial charge < -0.3 is 24.4 Å². The van der Waals surface area contributed by atoms with Crippen LogP contribution in [0, 0.1) is 0 Å². The Morgan fingerprint density at radius 2 is 2.02 bits per heavy atom. The molecule has 1 N–H and O–H groups in total. The monoisotopic (exact) mass is 604 g/mol. The van der Waals surface area contributed by atoms with E-state index < -0.39 is 23.6 Å². The minimum atomic E-state index is -4.52. The van der Waals surface area contributed by atoms with Gasteiger partial charge >= 0.3 is 18.2 Å². The van der Waals surface area contributed by atoms with E-state index in [4.69, 9.17) is 25.8 Å². The fraction of sp³-hybridized carbons (Fsp3) is 0.429. The molecular weight excluding hydrogens is 577 g/mol. The number of urea groups is 1. The summed E-state index contributed by atoms with van der Waals surface area (Å²) < 4.78 is 57.0. The lowest BCUT2D eigenvalue weighted by molar-refractivity contribution is -0.141. The third-order valence-corrected chi connectivity index (χ3v) is 7.58. The second kappa shape index (κ2) is 10.9. The number of carbonyl (C=O) groups is 1. The summed E-state index contributed by atoms with van der Waals surface area (Å²) in [6.45, 7) is 5.58. The van der Waals surface area contributed by atoms with Gasteiger partial charge in [0.05, 0.1) is 52.7 Å². The molecule has 222 valence electrons. The lowest BCUT2D eigenvalue weighted by Gasteiger charge is -2.46. The molecule has 3 aliphatic rings. The topological polar surface area (TPSA) is 102 Å². The minimum Gasteiger partial charge on any atom is -0.461 e. The molecule has 2 saturated heterocycles. The van der Waals surface area contributed by atoms with E-state index >= 15 is 0 Å². The van der Waals surface area contributed by atoms with Gasteiger partial charge in [0.1, 0.15) is 12.7 Å². The molecule has 3 aromatic rings. The lowest BCUT2D eigenvalue weighted by Crippen LogP contribution is -2.56. The summed E-state index contributed by atoms with van der Waals surface area (Å²) in [5.74, 6) is -0.345. The number of fused-ring (bicyclic) bond motifs is 4. The van der Waals surface area contributed by atoms with Crippen LogP contribution in [0.5, 0.6) is 6.01 Å². The summed E-state index contributed by atoms with van der Waals surface area (Å²) in [6.07, 6.45) is -0.333. The van der Waals surface area contributed by atoms with Crippen LogP contribution < -0.4 is 19.9 Å². The van der Waals surface area contributed by atoms with Gasteiger partial charge in [0.15, 0.2) is 11.6 Å². The Hall–Kier alpha value is -3.68. The highest BCUT2D eigenvalue weighted by atomic mass is 35.5. The summed E-state index contributed by atoms with van der Waals surface area (Å²) in [4.78, 5) is 30.3. The average Bonchev–Trinajstić information content (AvgIpc) is 3.31. The predicted molar refractivity (Wildman–Crippen MR) is 149 cm³/mol. The standard InChI is InChI=1S/C28H28ClF3N6O4/c1-27(2)41-15-20(42-27)14-40-25-33-11-18(12-34-25)35-26(39)38-19-7-4-8-37(13-19)22-10-21(29)23(36-24(22)38)16-5-3-6-17(9-16)28(30,31)32/h3,5-6,9-12,19-20H,4,7-8,13-15H2,1-2H3,(H,35,39)/t19-,20?/m0/s1. The number of ether oxygens (including phenoxy) is 3. The minimum absolute atomic E-state index is 0.120.